The Bertz CT molecular complexity index is 881. The van der Waals surface area contributed by atoms with Crippen molar-refractivity contribution in [1.29, 1.82) is 0 Å². The fraction of sp³-hybridized carbons (Fsp3) is 0.556. The van der Waals surface area contributed by atoms with E-state index in [2.05, 4.69) is 9.88 Å². The van der Waals surface area contributed by atoms with Crippen LogP contribution in [0.25, 0.3) is 10.9 Å². The van der Waals surface area contributed by atoms with Gasteiger partial charge in [-0.25, -0.2) is 0 Å². The summed E-state index contributed by atoms with van der Waals surface area (Å²) in [6, 6.07) is 3.53. The molecule has 1 fully saturated rings. The van der Waals surface area contributed by atoms with Crippen LogP contribution in [-0.4, -0.2) is 40.9 Å². The maximum absolute atomic E-state index is 12.9. The van der Waals surface area contributed by atoms with Gasteiger partial charge >= 0.3 is 0 Å². The lowest BCUT2D eigenvalue weighted by atomic mass is 10.2. The first-order chi connectivity index (χ1) is 12.2. The summed E-state index contributed by atoms with van der Waals surface area (Å²) in [5.74, 6) is 1.27. The quantitative estimate of drug-likeness (QED) is 0.848. The normalized spacial score (nSPS) is 17.8. The van der Waals surface area contributed by atoms with E-state index in [-0.39, 0.29) is 12.4 Å². The summed E-state index contributed by atoms with van der Waals surface area (Å²) in [5.41, 5.74) is 0.635. The molecular weight excluding hydrogens is 338 g/mol. The van der Waals surface area contributed by atoms with E-state index in [4.69, 9.17) is 21.7 Å². The van der Waals surface area contributed by atoms with Gasteiger partial charge in [0.15, 0.2) is 16.3 Å². The molecule has 0 unspecified atom stereocenters. The molecule has 0 saturated carbocycles. The molecule has 6 nitrogen and oxygen atoms in total. The number of fused-ring (bicyclic) bond motifs is 2. The highest BCUT2D eigenvalue weighted by Gasteiger charge is 2.17. The van der Waals surface area contributed by atoms with E-state index < -0.39 is 0 Å². The van der Waals surface area contributed by atoms with Crippen molar-refractivity contribution >= 4 is 23.1 Å². The summed E-state index contributed by atoms with van der Waals surface area (Å²) in [4.78, 5) is 18.5. The Morgan fingerprint density at radius 2 is 1.76 bits per heavy atom. The maximum atomic E-state index is 12.9. The van der Waals surface area contributed by atoms with Crippen molar-refractivity contribution in [2.45, 2.75) is 38.6 Å². The zero-order valence-electron chi connectivity index (χ0n) is 14.3. The fourth-order valence-corrected chi connectivity index (χ4v) is 3.94. The first kappa shape index (κ1) is 16.6. The van der Waals surface area contributed by atoms with E-state index in [0.717, 1.165) is 13.0 Å². The molecule has 0 atom stereocenters. The molecule has 0 radical (unpaired) electrons. The Kier molecular flexibility index (Phi) is 4.76. The monoisotopic (exact) mass is 361 g/mol. The molecule has 0 spiro atoms. The number of aromatic amines is 1. The van der Waals surface area contributed by atoms with Crippen molar-refractivity contribution in [3.8, 4) is 11.5 Å². The number of hydrogen-bond acceptors (Lipinski definition) is 5. The minimum Gasteiger partial charge on any atom is -0.454 e. The zero-order chi connectivity index (χ0) is 17.2. The average Bonchev–Trinajstić information content (AvgIpc) is 2.89. The third-order valence-electron chi connectivity index (χ3n) is 5.03. The van der Waals surface area contributed by atoms with Crippen LogP contribution in [0.3, 0.4) is 0 Å². The van der Waals surface area contributed by atoms with E-state index in [1.807, 2.05) is 0 Å². The van der Waals surface area contributed by atoms with Crippen molar-refractivity contribution in [3.63, 3.8) is 0 Å². The van der Waals surface area contributed by atoms with Crippen LogP contribution in [0.5, 0.6) is 11.5 Å². The first-order valence-corrected chi connectivity index (χ1v) is 9.42. The maximum Gasteiger partial charge on any atom is 0.262 e. The number of H-pyrrole nitrogens is 1. The summed E-state index contributed by atoms with van der Waals surface area (Å²) in [5, 5.41) is 0.590. The van der Waals surface area contributed by atoms with E-state index in [0.29, 0.717) is 33.7 Å². The lowest BCUT2D eigenvalue weighted by Crippen LogP contribution is -2.28. The Balaban J connectivity index is 1.54. The van der Waals surface area contributed by atoms with Crippen LogP contribution >= 0.6 is 12.2 Å². The second-order valence-corrected chi connectivity index (χ2v) is 7.13. The summed E-state index contributed by atoms with van der Waals surface area (Å²) in [7, 11) is 0. The van der Waals surface area contributed by atoms with Gasteiger partial charge in [-0.2, -0.15) is 0 Å². The Morgan fingerprint density at radius 1 is 1.04 bits per heavy atom. The molecule has 2 aliphatic rings. The predicted octanol–water partition coefficient (Wildman–Crippen LogP) is 3.05. The summed E-state index contributed by atoms with van der Waals surface area (Å²) < 4.78 is 12.9. The smallest absolute Gasteiger partial charge is 0.262 e. The van der Waals surface area contributed by atoms with Gasteiger partial charge in [0.05, 0.1) is 10.9 Å². The van der Waals surface area contributed by atoms with Crippen molar-refractivity contribution in [2.24, 2.45) is 0 Å². The highest BCUT2D eigenvalue weighted by Crippen LogP contribution is 2.34. The topological polar surface area (TPSA) is 59.5 Å². The molecule has 3 heterocycles. The number of aromatic nitrogens is 2. The fourth-order valence-electron chi connectivity index (χ4n) is 3.66. The third-order valence-corrected chi connectivity index (χ3v) is 5.35. The van der Waals surface area contributed by atoms with Gasteiger partial charge in [-0.1, -0.05) is 12.8 Å². The van der Waals surface area contributed by atoms with Crippen LogP contribution < -0.4 is 15.0 Å². The van der Waals surface area contributed by atoms with E-state index in [1.54, 1.807) is 16.7 Å². The van der Waals surface area contributed by atoms with Crippen molar-refractivity contribution in [1.82, 2.24) is 14.5 Å². The lowest BCUT2D eigenvalue weighted by Gasteiger charge is -2.19. The molecule has 4 rings (SSSR count). The molecule has 134 valence electrons. The molecule has 1 aromatic carbocycles. The van der Waals surface area contributed by atoms with Crippen LogP contribution in [0, 0.1) is 4.77 Å². The number of rotatable bonds is 4. The molecular formula is C18H23N3O3S. The molecule has 0 amide bonds. The van der Waals surface area contributed by atoms with Gasteiger partial charge in [-0.05, 0) is 57.2 Å². The largest absolute Gasteiger partial charge is 0.454 e. The Labute approximate surface area is 151 Å². The first-order valence-electron chi connectivity index (χ1n) is 9.01. The molecule has 2 aromatic rings. The zero-order valence-corrected chi connectivity index (χ0v) is 15.1. The number of nitrogens with one attached hydrogen (secondary N) is 1. The summed E-state index contributed by atoms with van der Waals surface area (Å²) in [6.07, 6.45) is 6.16. The van der Waals surface area contributed by atoms with E-state index in [1.165, 1.54) is 38.8 Å². The van der Waals surface area contributed by atoms with Crippen LogP contribution in [0.4, 0.5) is 0 Å². The van der Waals surface area contributed by atoms with E-state index >= 15 is 0 Å². The predicted molar refractivity (Wildman–Crippen MR) is 99.0 cm³/mol. The van der Waals surface area contributed by atoms with Crippen LogP contribution in [0.2, 0.25) is 0 Å². The van der Waals surface area contributed by atoms with Gasteiger partial charge < -0.3 is 19.4 Å². The van der Waals surface area contributed by atoms with Crippen molar-refractivity contribution in [3.05, 3.63) is 27.3 Å². The molecule has 25 heavy (non-hydrogen) atoms. The molecule has 7 heteroatoms. The molecule has 1 aromatic heterocycles. The molecule has 0 bridgehead atoms. The van der Waals surface area contributed by atoms with Crippen molar-refractivity contribution < 1.29 is 9.47 Å². The SMILES string of the molecule is O=c1c2cc3c(cc2[nH]c(=S)n1CCCN1CCCCCC1)OCO3. The minimum absolute atomic E-state index is 0.0621. The number of benzene rings is 1. The van der Waals surface area contributed by atoms with Crippen LogP contribution in [0.15, 0.2) is 16.9 Å². The lowest BCUT2D eigenvalue weighted by molar-refractivity contribution is 0.174. The Morgan fingerprint density at radius 3 is 2.52 bits per heavy atom. The third kappa shape index (κ3) is 3.43. The van der Waals surface area contributed by atoms with E-state index in [9.17, 15) is 4.79 Å². The molecule has 0 aliphatic carbocycles. The van der Waals surface area contributed by atoms with Gasteiger partial charge in [0, 0.05) is 12.6 Å². The molecule has 2 aliphatic heterocycles. The number of likely N-dealkylation sites (tertiary alicyclic amines) is 1. The minimum atomic E-state index is -0.0621. The van der Waals surface area contributed by atoms with Crippen molar-refractivity contribution in [2.75, 3.05) is 26.4 Å². The average molecular weight is 361 g/mol. The second-order valence-electron chi connectivity index (χ2n) is 6.75. The highest BCUT2D eigenvalue weighted by atomic mass is 32.1. The number of nitrogens with zero attached hydrogens (tertiary/aromatic N) is 2. The van der Waals surface area contributed by atoms with Crippen LogP contribution in [-0.2, 0) is 6.54 Å². The van der Waals surface area contributed by atoms with Crippen LogP contribution in [0.1, 0.15) is 32.1 Å². The second kappa shape index (κ2) is 7.17. The number of ether oxygens (including phenoxy) is 2. The van der Waals surface area contributed by atoms with Gasteiger partial charge in [-0.15, -0.1) is 0 Å². The standard InChI is InChI=1S/C18H23N3O3S/c22-17-13-10-15-16(24-12-23-15)11-14(13)19-18(25)21(17)9-5-8-20-6-3-1-2-4-7-20/h10-11H,1-9,12H2,(H,19,25). The number of hydrogen-bond donors (Lipinski definition) is 1. The molecule has 1 N–H and O–H groups in total. The van der Waals surface area contributed by atoms with Gasteiger partial charge in [0.25, 0.3) is 5.56 Å². The highest BCUT2D eigenvalue weighted by molar-refractivity contribution is 7.71. The van der Waals surface area contributed by atoms with Gasteiger partial charge in [0.2, 0.25) is 6.79 Å². The van der Waals surface area contributed by atoms with Gasteiger partial charge in [-0.3, -0.25) is 9.36 Å². The summed E-state index contributed by atoms with van der Waals surface area (Å²) in [6.45, 7) is 4.18. The Hall–Kier alpha value is -1.86. The molecule has 1 saturated heterocycles. The van der Waals surface area contributed by atoms with Gasteiger partial charge in [0.1, 0.15) is 0 Å². The summed E-state index contributed by atoms with van der Waals surface area (Å²) >= 11 is 5.41.